The first-order valence-corrected chi connectivity index (χ1v) is 13.1. The predicted octanol–water partition coefficient (Wildman–Crippen LogP) is 4.92. The van der Waals surface area contributed by atoms with E-state index in [1.54, 1.807) is 0 Å². The van der Waals surface area contributed by atoms with Crippen molar-refractivity contribution in [1.82, 2.24) is 5.32 Å². The van der Waals surface area contributed by atoms with E-state index in [1.807, 2.05) is 61.5 Å². The lowest BCUT2D eigenvalue weighted by atomic mass is 10.1. The summed E-state index contributed by atoms with van der Waals surface area (Å²) >= 11 is 3.44. The smallest absolute Gasteiger partial charge is 0.254 e. The molecule has 0 bridgehead atoms. The predicted molar refractivity (Wildman–Crippen MR) is 137 cm³/mol. The Bertz CT molecular complexity index is 1270. The van der Waals surface area contributed by atoms with Gasteiger partial charge in [0.1, 0.15) is 0 Å². The molecule has 3 aromatic rings. The van der Waals surface area contributed by atoms with Crippen LogP contribution in [0.25, 0.3) is 0 Å². The van der Waals surface area contributed by atoms with E-state index in [1.165, 1.54) is 30.7 Å². The molecule has 0 saturated heterocycles. The van der Waals surface area contributed by atoms with Crippen LogP contribution in [0.5, 0.6) is 11.5 Å². The summed E-state index contributed by atoms with van der Waals surface area (Å²) in [6.45, 7) is 1.91. The molecule has 0 aliphatic heterocycles. The van der Waals surface area contributed by atoms with Crippen LogP contribution in [0.15, 0.2) is 71.2 Å². The summed E-state index contributed by atoms with van der Waals surface area (Å²) in [5, 5.41) is 2.96. The Morgan fingerprint density at radius 2 is 1.65 bits per heavy atom. The number of methoxy groups -OCH3 is 2. The number of amides is 1. The van der Waals surface area contributed by atoms with E-state index in [0.717, 1.165) is 21.9 Å². The summed E-state index contributed by atoms with van der Waals surface area (Å²) in [6, 6.07) is 19.5. The normalized spacial score (nSPS) is 12.0. The van der Waals surface area contributed by atoms with Crippen LogP contribution < -0.4 is 19.1 Å². The van der Waals surface area contributed by atoms with Gasteiger partial charge in [0.2, 0.25) is 10.0 Å². The lowest BCUT2D eigenvalue weighted by molar-refractivity contribution is 0.0940. The van der Waals surface area contributed by atoms with E-state index in [9.17, 15) is 13.2 Å². The molecule has 1 N–H and O–H groups in total. The maximum absolute atomic E-state index is 13.4. The molecule has 0 saturated carbocycles. The number of hydrogen-bond acceptors (Lipinski definition) is 5. The van der Waals surface area contributed by atoms with Crippen molar-refractivity contribution in [3.8, 4) is 11.5 Å². The molecule has 0 aliphatic carbocycles. The molecule has 34 heavy (non-hydrogen) atoms. The van der Waals surface area contributed by atoms with Gasteiger partial charge in [-0.3, -0.25) is 9.10 Å². The number of halogens is 1. The number of benzene rings is 3. The topological polar surface area (TPSA) is 84.9 Å². The Balaban J connectivity index is 2.08. The van der Waals surface area contributed by atoms with Crippen LogP contribution in [-0.2, 0) is 16.6 Å². The molecule has 0 aromatic heterocycles. The summed E-state index contributed by atoms with van der Waals surface area (Å²) < 4.78 is 38.6. The zero-order valence-electron chi connectivity index (χ0n) is 19.4. The Labute approximate surface area is 208 Å². The molecule has 180 valence electrons. The third kappa shape index (κ3) is 6.09. The molecule has 0 fully saturated rings. The van der Waals surface area contributed by atoms with Gasteiger partial charge in [0.25, 0.3) is 5.91 Å². The number of nitrogens with one attached hydrogen (secondary N) is 1. The monoisotopic (exact) mass is 546 g/mol. The average molecular weight is 547 g/mol. The fourth-order valence-corrected chi connectivity index (χ4v) is 4.83. The SMILES string of the molecule is COc1cc(C(=O)N[C@@H](C)c2cccc(Br)c2)c(N(Cc2ccccc2)S(C)(=O)=O)cc1OC. The Hall–Kier alpha value is -3.04. The third-order valence-electron chi connectivity index (χ3n) is 5.28. The lowest BCUT2D eigenvalue weighted by Crippen LogP contribution is -2.33. The van der Waals surface area contributed by atoms with Crippen LogP contribution >= 0.6 is 15.9 Å². The summed E-state index contributed by atoms with van der Waals surface area (Å²) in [5.41, 5.74) is 2.02. The quantitative estimate of drug-likeness (QED) is 0.411. The molecule has 3 rings (SSSR count). The zero-order chi connectivity index (χ0) is 24.9. The first-order valence-electron chi connectivity index (χ1n) is 10.5. The number of ether oxygens (including phenoxy) is 2. The van der Waals surface area contributed by atoms with E-state index in [4.69, 9.17) is 9.47 Å². The van der Waals surface area contributed by atoms with Crippen molar-refractivity contribution in [2.24, 2.45) is 0 Å². The van der Waals surface area contributed by atoms with Crippen LogP contribution in [0.4, 0.5) is 5.69 Å². The highest BCUT2D eigenvalue weighted by Crippen LogP contribution is 2.37. The lowest BCUT2D eigenvalue weighted by Gasteiger charge is -2.26. The first-order chi connectivity index (χ1) is 16.1. The Morgan fingerprint density at radius 1 is 1.00 bits per heavy atom. The fourth-order valence-electron chi connectivity index (χ4n) is 3.52. The Kier molecular flexibility index (Phi) is 8.22. The molecule has 9 heteroatoms. The molecule has 3 aromatic carbocycles. The second-order valence-corrected chi connectivity index (χ2v) is 10.6. The minimum atomic E-state index is -3.75. The summed E-state index contributed by atoms with van der Waals surface area (Å²) in [7, 11) is -0.835. The second kappa shape index (κ2) is 10.9. The highest BCUT2D eigenvalue weighted by Gasteiger charge is 2.27. The average Bonchev–Trinajstić information content (AvgIpc) is 2.81. The third-order valence-corrected chi connectivity index (χ3v) is 6.90. The van der Waals surface area contributed by atoms with E-state index in [0.29, 0.717) is 11.5 Å². The van der Waals surface area contributed by atoms with Gasteiger partial charge < -0.3 is 14.8 Å². The van der Waals surface area contributed by atoms with Gasteiger partial charge in [0.05, 0.1) is 44.3 Å². The van der Waals surface area contributed by atoms with E-state index >= 15 is 0 Å². The fraction of sp³-hybridized carbons (Fsp3) is 0.240. The van der Waals surface area contributed by atoms with Crippen molar-refractivity contribution in [3.05, 3.63) is 87.9 Å². The van der Waals surface area contributed by atoms with Gasteiger partial charge in [-0.2, -0.15) is 0 Å². The number of sulfonamides is 1. The second-order valence-electron chi connectivity index (χ2n) is 7.73. The number of anilines is 1. The molecule has 0 aliphatic rings. The minimum Gasteiger partial charge on any atom is -0.493 e. The van der Waals surface area contributed by atoms with Gasteiger partial charge in [-0.05, 0) is 36.2 Å². The molecule has 1 atom stereocenters. The van der Waals surface area contributed by atoms with Crippen molar-refractivity contribution < 1.29 is 22.7 Å². The minimum absolute atomic E-state index is 0.0522. The summed E-state index contributed by atoms with van der Waals surface area (Å²) in [6.07, 6.45) is 1.11. The Morgan fingerprint density at radius 3 is 2.24 bits per heavy atom. The van der Waals surface area contributed by atoms with Crippen LogP contribution in [0.1, 0.15) is 34.5 Å². The molecule has 7 nitrogen and oxygen atoms in total. The molecular formula is C25H27BrN2O5S. The highest BCUT2D eigenvalue weighted by molar-refractivity contribution is 9.10. The number of carbonyl (C=O) groups excluding carboxylic acids is 1. The van der Waals surface area contributed by atoms with Crippen molar-refractivity contribution in [3.63, 3.8) is 0 Å². The van der Waals surface area contributed by atoms with E-state index in [2.05, 4.69) is 21.2 Å². The molecule has 0 heterocycles. The van der Waals surface area contributed by atoms with E-state index < -0.39 is 15.9 Å². The van der Waals surface area contributed by atoms with Crippen molar-refractivity contribution >= 4 is 37.5 Å². The van der Waals surface area contributed by atoms with Gasteiger partial charge >= 0.3 is 0 Å². The number of nitrogens with zero attached hydrogens (tertiary/aromatic N) is 1. The van der Waals surface area contributed by atoms with Gasteiger partial charge in [-0.15, -0.1) is 0 Å². The number of rotatable bonds is 9. The molecule has 0 radical (unpaired) electrons. The summed E-state index contributed by atoms with van der Waals surface area (Å²) in [5.74, 6) is 0.195. The van der Waals surface area contributed by atoms with Crippen molar-refractivity contribution in [1.29, 1.82) is 0 Å². The molecular weight excluding hydrogens is 520 g/mol. The van der Waals surface area contributed by atoms with Crippen LogP contribution in [0.2, 0.25) is 0 Å². The van der Waals surface area contributed by atoms with Crippen LogP contribution in [-0.4, -0.2) is 34.8 Å². The largest absolute Gasteiger partial charge is 0.493 e. The molecule has 0 unspecified atom stereocenters. The zero-order valence-corrected chi connectivity index (χ0v) is 21.8. The van der Waals surface area contributed by atoms with Crippen molar-refractivity contribution in [2.75, 3.05) is 24.8 Å². The first kappa shape index (κ1) is 25.6. The molecule has 0 spiro atoms. The number of carbonyl (C=O) groups is 1. The standard InChI is InChI=1S/C25H27BrN2O5S/c1-17(19-11-8-12-20(26)13-19)27-25(29)21-14-23(32-2)24(33-3)15-22(21)28(34(4,30)31)16-18-9-6-5-7-10-18/h5-15,17H,16H2,1-4H3,(H,27,29)/t17-/m0/s1. The van der Waals surface area contributed by atoms with E-state index in [-0.39, 0.29) is 23.8 Å². The summed E-state index contributed by atoms with van der Waals surface area (Å²) in [4.78, 5) is 13.4. The van der Waals surface area contributed by atoms with Crippen molar-refractivity contribution in [2.45, 2.75) is 19.5 Å². The number of hydrogen-bond donors (Lipinski definition) is 1. The van der Waals surface area contributed by atoms with Crippen LogP contribution in [0, 0.1) is 0 Å². The highest BCUT2D eigenvalue weighted by atomic mass is 79.9. The maximum atomic E-state index is 13.4. The molecule has 1 amide bonds. The van der Waals surface area contributed by atoms with Crippen LogP contribution in [0.3, 0.4) is 0 Å². The van der Waals surface area contributed by atoms with Gasteiger partial charge in [-0.1, -0.05) is 58.4 Å². The maximum Gasteiger partial charge on any atom is 0.254 e. The van der Waals surface area contributed by atoms with Gasteiger partial charge in [0, 0.05) is 10.5 Å². The van der Waals surface area contributed by atoms with Gasteiger partial charge in [-0.25, -0.2) is 8.42 Å². The van der Waals surface area contributed by atoms with Gasteiger partial charge in [0.15, 0.2) is 11.5 Å².